The molecule has 0 spiro atoms. The Morgan fingerprint density at radius 2 is 1.61 bits per heavy atom. The van der Waals surface area contributed by atoms with Gasteiger partial charge in [-0.25, -0.2) is 9.97 Å². The van der Waals surface area contributed by atoms with Crippen LogP contribution in [-0.4, -0.2) is 16.1 Å². The number of fused-ring (bicyclic) bond motifs is 5. The zero-order chi connectivity index (χ0) is 25.0. The van der Waals surface area contributed by atoms with Gasteiger partial charge in [-0.3, -0.25) is 9.80 Å². The lowest BCUT2D eigenvalue weighted by atomic mass is 9.66. The third kappa shape index (κ3) is 3.06. The maximum absolute atomic E-state index is 4.88. The lowest BCUT2D eigenvalue weighted by molar-refractivity contribution is 0.425. The summed E-state index contributed by atoms with van der Waals surface area (Å²) < 4.78 is 0. The summed E-state index contributed by atoms with van der Waals surface area (Å²) in [7, 11) is 0. The van der Waals surface area contributed by atoms with Gasteiger partial charge >= 0.3 is 0 Å². The molecule has 182 valence electrons. The van der Waals surface area contributed by atoms with E-state index in [4.69, 9.17) is 16.5 Å². The van der Waals surface area contributed by atoms with Crippen LogP contribution < -0.4 is 9.80 Å². The number of aryl methyl sites for hydroxylation is 2. The fraction of sp³-hybridized carbons (Fsp3) is 0.312. The molecular formula is C32H34N4. The van der Waals surface area contributed by atoms with E-state index in [1.165, 1.54) is 39.1 Å². The van der Waals surface area contributed by atoms with Gasteiger partial charge in [-0.15, -0.1) is 0 Å². The summed E-state index contributed by atoms with van der Waals surface area (Å²) in [6.45, 7) is 13.8. The molecule has 4 heteroatoms. The minimum atomic E-state index is -0.0974. The summed E-state index contributed by atoms with van der Waals surface area (Å²) in [6, 6.07) is 13.4. The second-order valence-electron chi connectivity index (χ2n) is 10.2. The van der Waals surface area contributed by atoms with Crippen LogP contribution in [-0.2, 0) is 5.41 Å². The SMILES string of the molecule is C=C1C2N(c3cc(C)c(C4=CCCC=C4)c(C)c3)c3nccnc3N2c2ccccc2C1(CC)CC. The van der Waals surface area contributed by atoms with Crippen molar-refractivity contribution in [2.45, 2.75) is 65.0 Å². The molecular weight excluding hydrogens is 440 g/mol. The smallest absolute Gasteiger partial charge is 0.178 e. The Hall–Kier alpha value is -3.66. The molecule has 0 bridgehead atoms. The molecule has 3 heterocycles. The maximum Gasteiger partial charge on any atom is 0.178 e. The van der Waals surface area contributed by atoms with Gasteiger partial charge in [0.15, 0.2) is 11.6 Å². The van der Waals surface area contributed by atoms with Crippen LogP contribution in [0.3, 0.4) is 0 Å². The number of hydrogen-bond acceptors (Lipinski definition) is 4. The van der Waals surface area contributed by atoms with E-state index >= 15 is 0 Å². The molecule has 1 aliphatic carbocycles. The normalized spacial score (nSPS) is 19.6. The molecule has 4 nitrogen and oxygen atoms in total. The molecule has 1 unspecified atom stereocenters. The van der Waals surface area contributed by atoms with Gasteiger partial charge in [-0.05, 0) is 91.1 Å². The Morgan fingerprint density at radius 1 is 0.944 bits per heavy atom. The van der Waals surface area contributed by atoms with Crippen LogP contribution in [0.5, 0.6) is 0 Å². The summed E-state index contributed by atoms with van der Waals surface area (Å²) in [6.07, 6.45) is 14.7. The van der Waals surface area contributed by atoms with E-state index in [1.54, 1.807) is 12.4 Å². The Balaban J connectivity index is 1.57. The molecule has 0 amide bonds. The fourth-order valence-electron chi connectivity index (χ4n) is 6.76. The molecule has 2 aliphatic heterocycles. The first-order chi connectivity index (χ1) is 17.5. The number of rotatable bonds is 4. The zero-order valence-electron chi connectivity index (χ0n) is 21.8. The molecule has 0 saturated carbocycles. The van der Waals surface area contributed by atoms with Crippen LogP contribution in [0.2, 0.25) is 0 Å². The van der Waals surface area contributed by atoms with Gasteiger partial charge in [-0.1, -0.05) is 56.9 Å². The topological polar surface area (TPSA) is 32.3 Å². The molecule has 2 aromatic carbocycles. The third-order valence-electron chi connectivity index (χ3n) is 8.50. The van der Waals surface area contributed by atoms with E-state index in [0.29, 0.717) is 0 Å². The predicted octanol–water partition coefficient (Wildman–Crippen LogP) is 8.07. The maximum atomic E-state index is 4.88. The number of anilines is 4. The quantitative estimate of drug-likeness (QED) is 0.358. The lowest BCUT2D eigenvalue weighted by Gasteiger charge is -2.49. The van der Waals surface area contributed by atoms with Gasteiger partial charge in [-0.2, -0.15) is 0 Å². The van der Waals surface area contributed by atoms with Gasteiger partial charge in [0.1, 0.15) is 6.17 Å². The van der Waals surface area contributed by atoms with Crippen LogP contribution in [0.25, 0.3) is 5.57 Å². The van der Waals surface area contributed by atoms with Crippen molar-refractivity contribution in [1.82, 2.24) is 9.97 Å². The number of para-hydroxylation sites is 1. The van der Waals surface area contributed by atoms with Gasteiger partial charge in [0, 0.05) is 29.2 Å². The monoisotopic (exact) mass is 474 g/mol. The molecule has 3 aromatic rings. The first-order valence-electron chi connectivity index (χ1n) is 13.2. The molecule has 0 saturated heterocycles. The van der Waals surface area contributed by atoms with E-state index in [2.05, 4.69) is 92.1 Å². The molecule has 3 aliphatic rings. The van der Waals surface area contributed by atoms with Crippen molar-refractivity contribution in [3.63, 3.8) is 0 Å². The molecule has 0 radical (unpaired) electrons. The first kappa shape index (κ1) is 22.8. The summed E-state index contributed by atoms with van der Waals surface area (Å²) in [5.74, 6) is 1.79. The highest BCUT2D eigenvalue weighted by atomic mass is 15.5. The molecule has 36 heavy (non-hydrogen) atoms. The number of hydrogen-bond donors (Lipinski definition) is 0. The molecule has 6 rings (SSSR count). The highest BCUT2D eigenvalue weighted by molar-refractivity contribution is 5.90. The average Bonchev–Trinajstić information content (AvgIpc) is 3.25. The number of allylic oxidation sites excluding steroid dienone is 4. The van der Waals surface area contributed by atoms with E-state index < -0.39 is 0 Å². The van der Waals surface area contributed by atoms with E-state index in [0.717, 1.165) is 43.0 Å². The van der Waals surface area contributed by atoms with E-state index in [1.807, 2.05) is 0 Å². The van der Waals surface area contributed by atoms with Gasteiger partial charge in [0.05, 0.1) is 0 Å². The van der Waals surface area contributed by atoms with Crippen molar-refractivity contribution in [3.8, 4) is 0 Å². The molecule has 1 atom stereocenters. The van der Waals surface area contributed by atoms with Crippen LogP contribution in [0.1, 0.15) is 61.8 Å². The Kier molecular flexibility index (Phi) is 5.36. The second-order valence-corrected chi connectivity index (χ2v) is 10.2. The van der Waals surface area contributed by atoms with Crippen molar-refractivity contribution in [1.29, 1.82) is 0 Å². The van der Waals surface area contributed by atoms with Crippen LogP contribution >= 0.6 is 0 Å². The van der Waals surface area contributed by atoms with Crippen LogP contribution in [0, 0.1) is 13.8 Å². The lowest BCUT2D eigenvalue weighted by Crippen LogP contribution is -2.50. The summed E-state index contributed by atoms with van der Waals surface area (Å²) in [5.41, 5.74) is 10.1. The number of nitrogens with zero attached hydrogens (tertiary/aromatic N) is 4. The fourth-order valence-corrected chi connectivity index (χ4v) is 6.76. The van der Waals surface area contributed by atoms with Gasteiger partial charge < -0.3 is 0 Å². The van der Waals surface area contributed by atoms with Gasteiger partial charge in [0.25, 0.3) is 0 Å². The molecule has 0 N–H and O–H groups in total. The minimum absolute atomic E-state index is 0.0735. The summed E-state index contributed by atoms with van der Waals surface area (Å²) in [5, 5.41) is 0. The second kappa shape index (κ2) is 8.48. The molecule has 1 aromatic heterocycles. The molecule has 0 fully saturated rings. The van der Waals surface area contributed by atoms with E-state index in [9.17, 15) is 0 Å². The Labute approximate surface area is 214 Å². The Bertz CT molecular complexity index is 1400. The van der Waals surface area contributed by atoms with Crippen LogP contribution in [0.15, 0.2) is 79.2 Å². The largest absolute Gasteiger partial charge is 0.298 e. The highest BCUT2D eigenvalue weighted by Crippen LogP contribution is 2.58. The first-order valence-corrected chi connectivity index (χ1v) is 13.2. The van der Waals surface area contributed by atoms with Crippen molar-refractivity contribution >= 4 is 28.6 Å². The zero-order valence-corrected chi connectivity index (χ0v) is 21.8. The van der Waals surface area contributed by atoms with Crippen molar-refractivity contribution in [3.05, 3.63) is 101 Å². The van der Waals surface area contributed by atoms with Crippen molar-refractivity contribution < 1.29 is 0 Å². The minimum Gasteiger partial charge on any atom is -0.298 e. The highest BCUT2D eigenvalue weighted by Gasteiger charge is 2.52. The average molecular weight is 475 g/mol. The van der Waals surface area contributed by atoms with Gasteiger partial charge in [0.2, 0.25) is 0 Å². The Morgan fingerprint density at radius 3 is 2.25 bits per heavy atom. The number of benzene rings is 2. The van der Waals surface area contributed by atoms with Crippen LogP contribution in [0.4, 0.5) is 23.0 Å². The standard InChI is InChI=1S/C32H34N4/c1-6-32(7-2)23(5)31-35(25-19-21(3)28(22(4)20-25)24-13-9-8-10-14-24)29-30(34-18-17-33-29)36(31)27-16-12-11-15-26(27)32/h9,11-20,31H,5-8,10H2,1-4H3. The van der Waals surface area contributed by atoms with Crippen molar-refractivity contribution in [2.75, 3.05) is 9.80 Å². The van der Waals surface area contributed by atoms with Crippen molar-refractivity contribution in [2.24, 2.45) is 0 Å². The van der Waals surface area contributed by atoms with E-state index in [-0.39, 0.29) is 11.6 Å². The number of aromatic nitrogens is 2. The summed E-state index contributed by atoms with van der Waals surface area (Å²) in [4.78, 5) is 14.5. The predicted molar refractivity (Wildman–Crippen MR) is 150 cm³/mol. The third-order valence-corrected chi connectivity index (χ3v) is 8.50. The summed E-state index contributed by atoms with van der Waals surface area (Å²) >= 11 is 0.